The van der Waals surface area contributed by atoms with Crippen LogP contribution in [-0.2, 0) is 0 Å². The highest BCUT2D eigenvalue weighted by Gasteiger charge is 2.26. The third-order valence-corrected chi connectivity index (χ3v) is 2.58. The lowest BCUT2D eigenvalue weighted by Crippen LogP contribution is -2.53. The molecule has 5 nitrogen and oxygen atoms in total. The maximum absolute atomic E-state index is 12.1. The lowest BCUT2D eigenvalue weighted by atomic mass is 10.1. The van der Waals surface area contributed by atoms with Gasteiger partial charge in [0.2, 0.25) is 0 Å². The summed E-state index contributed by atoms with van der Waals surface area (Å²) in [6.45, 7) is 1.84. The summed E-state index contributed by atoms with van der Waals surface area (Å²) in [5.41, 5.74) is 0.581. The molecule has 2 heterocycles. The SMILES string of the molecule is N#CC1CNCCN1C(=O)c1ccncc1. The molecule has 1 atom stereocenters. The maximum atomic E-state index is 12.1. The van der Waals surface area contributed by atoms with Gasteiger partial charge in [0.05, 0.1) is 6.07 Å². The Kier molecular flexibility index (Phi) is 3.13. The first-order valence-corrected chi connectivity index (χ1v) is 5.14. The van der Waals surface area contributed by atoms with Crippen molar-refractivity contribution in [3.63, 3.8) is 0 Å². The van der Waals surface area contributed by atoms with Crippen molar-refractivity contribution in [2.75, 3.05) is 19.6 Å². The zero-order chi connectivity index (χ0) is 11.4. The van der Waals surface area contributed by atoms with Crippen molar-refractivity contribution in [1.82, 2.24) is 15.2 Å². The smallest absolute Gasteiger partial charge is 0.255 e. The summed E-state index contributed by atoms with van der Waals surface area (Å²) in [5, 5.41) is 12.1. The second kappa shape index (κ2) is 4.73. The van der Waals surface area contributed by atoms with Gasteiger partial charge in [-0.2, -0.15) is 5.26 Å². The van der Waals surface area contributed by atoms with Crippen LogP contribution in [-0.4, -0.2) is 41.5 Å². The molecule has 0 aliphatic carbocycles. The average Bonchev–Trinajstić information content (AvgIpc) is 2.39. The van der Waals surface area contributed by atoms with E-state index in [-0.39, 0.29) is 11.9 Å². The van der Waals surface area contributed by atoms with Crippen LogP contribution in [0.1, 0.15) is 10.4 Å². The van der Waals surface area contributed by atoms with E-state index in [2.05, 4.69) is 16.4 Å². The molecule has 1 N–H and O–H groups in total. The number of nitrogens with zero attached hydrogens (tertiary/aromatic N) is 3. The highest BCUT2D eigenvalue weighted by Crippen LogP contribution is 2.09. The Balaban J connectivity index is 2.18. The van der Waals surface area contributed by atoms with Crippen molar-refractivity contribution in [2.45, 2.75) is 6.04 Å². The number of nitrogens with one attached hydrogen (secondary N) is 1. The number of pyridine rings is 1. The van der Waals surface area contributed by atoms with Crippen LogP contribution < -0.4 is 5.32 Å². The lowest BCUT2D eigenvalue weighted by Gasteiger charge is -2.31. The van der Waals surface area contributed by atoms with E-state index >= 15 is 0 Å². The van der Waals surface area contributed by atoms with Crippen LogP contribution in [0.5, 0.6) is 0 Å². The molecule has 82 valence electrons. The van der Waals surface area contributed by atoms with Crippen molar-refractivity contribution in [3.05, 3.63) is 30.1 Å². The fourth-order valence-corrected chi connectivity index (χ4v) is 1.72. The topological polar surface area (TPSA) is 69.0 Å². The molecular weight excluding hydrogens is 204 g/mol. The van der Waals surface area contributed by atoms with Gasteiger partial charge in [0.15, 0.2) is 0 Å². The summed E-state index contributed by atoms with van der Waals surface area (Å²) in [7, 11) is 0. The number of amides is 1. The number of carbonyl (C=O) groups is 1. The van der Waals surface area contributed by atoms with Gasteiger partial charge in [-0.15, -0.1) is 0 Å². The van der Waals surface area contributed by atoms with E-state index in [1.54, 1.807) is 29.4 Å². The maximum Gasteiger partial charge on any atom is 0.255 e. The highest BCUT2D eigenvalue weighted by atomic mass is 16.2. The lowest BCUT2D eigenvalue weighted by molar-refractivity contribution is 0.0687. The molecule has 2 rings (SSSR count). The first-order chi connectivity index (χ1) is 7.83. The Morgan fingerprint density at radius 2 is 2.31 bits per heavy atom. The van der Waals surface area contributed by atoms with Gasteiger partial charge in [0.25, 0.3) is 5.91 Å². The van der Waals surface area contributed by atoms with E-state index in [1.165, 1.54) is 0 Å². The molecule has 1 aromatic rings. The number of hydrogen-bond donors (Lipinski definition) is 1. The monoisotopic (exact) mass is 216 g/mol. The van der Waals surface area contributed by atoms with Gasteiger partial charge in [-0.05, 0) is 12.1 Å². The van der Waals surface area contributed by atoms with E-state index in [4.69, 9.17) is 5.26 Å². The molecule has 5 heteroatoms. The molecule has 1 aliphatic heterocycles. The van der Waals surface area contributed by atoms with E-state index < -0.39 is 0 Å². The minimum atomic E-state index is -0.380. The summed E-state index contributed by atoms with van der Waals surface area (Å²) in [6, 6.07) is 5.08. The molecular formula is C11H12N4O. The van der Waals surface area contributed by atoms with E-state index in [9.17, 15) is 4.79 Å². The standard InChI is InChI=1S/C11H12N4O/c12-7-10-8-14-5-6-15(10)11(16)9-1-3-13-4-2-9/h1-4,10,14H,5-6,8H2. The molecule has 0 radical (unpaired) electrons. The molecule has 1 aromatic heterocycles. The number of hydrogen-bond acceptors (Lipinski definition) is 4. The summed E-state index contributed by atoms with van der Waals surface area (Å²) in [4.78, 5) is 17.6. The zero-order valence-corrected chi connectivity index (χ0v) is 8.76. The molecule has 1 saturated heterocycles. The molecule has 1 unspecified atom stereocenters. The quantitative estimate of drug-likeness (QED) is 0.718. The predicted molar refractivity (Wildman–Crippen MR) is 57.5 cm³/mol. The molecule has 0 spiro atoms. The fourth-order valence-electron chi connectivity index (χ4n) is 1.72. The van der Waals surface area contributed by atoms with Crippen LogP contribution in [0.4, 0.5) is 0 Å². The number of piperazine rings is 1. The van der Waals surface area contributed by atoms with Gasteiger partial charge in [-0.1, -0.05) is 0 Å². The normalized spacial score (nSPS) is 20.2. The Labute approximate surface area is 93.7 Å². The van der Waals surface area contributed by atoms with Gasteiger partial charge in [-0.3, -0.25) is 9.78 Å². The number of rotatable bonds is 1. The summed E-state index contributed by atoms with van der Waals surface area (Å²) >= 11 is 0. The number of aromatic nitrogens is 1. The first-order valence-electron chi connectivity index (χ1n) is 5.14. The minimum absolute atomic E-state index is 0.101. The summed E-state index contributed by atoms with van der Waals surface area (Å²) < 4.78 is 0. The van der Waals surface area contributed by atoms with Crippen LogP contribution in [0, 0.1) is 11.3 Å². The van der Waals surface area contributed by atoms with Crippen molar-refractivity contribution < 1.29 is 4.79 Å². The second-order valence-electron chi connectivity index (χ2n) is 3.58. The van der Waals surface area contributed by atoms with Crippen molar-refractivity contribution in [2.24, 2.45) is 0 Å². The Bertz CT molecular complexity index is 412. The van der Waals surface area contributed by atoms with Crippen LogP contribution in [0.15, 0.2) is 24.5 Å². The first kappa shape index (κ1) is 10.6. The molecule has 1 fully saturated rings. The molecule has 0 bridgehead atoms. The van der Waals surface area contributed by atoms with Gasteiger partial charge in [0, 0.05) is 37.6 Å². The van der Waals surface area contributed by atoms with Crippen molar-refractivity contribution in [1.29, 1.82) is 5.26 Å². The predicted octanol–water partition coefficient (Wildman–Crippen LogP) is 0.0192. The number of carbonyl (C=O) groups excluding carboxylic acids is 1. The third kappa shape index (κ3) is 2.02. The summed E-state index contributed by atoms with van der Waals surface area (Å²) in [6.07, 6.45) is 3.16. The Hall–Kier alpha value is -1.93. The van der Waals surface area contributed by atoms with Crippen LogP contribution in [0.2, 0.25) is 0 Å². The van der Waals surface area contributed by atoms with Gasteiger partial charge in [0.1, 0.15) is 6.04 Å². The van der Waals surface area contributed by atoms with Crippen LogP contribution >= 0.6 is 0 Å². The van der Waals surface area contributed by atoms with Gasteiger partial charge in [-0.25, -0.2) is 0 Å². The molecule has 16 heavy (non-hydrogen) atoms. The average molecular weight is 216 g/mol. The third-order valence-electron chi connectivity index (χ3n) is 2.58. The Morgan fingerprint density at radius 1 is 1.56 bits per heavy atom. The van der Waals surface area contributed by atoms with Crippen molar-refractivity contribution in [3.8, 4) is 6.07 Å². The summed E-state index contributed by atoms with van der Waals surface area (Å²) in [5.74, 6) is -0.101. The van der Waals surface area contributed by atoms with Gasteiger partial charge >= 0.3 is 0 Å². The van der Waals surface area contributed by atoms with Crippen molar-refractivity contribution >= 4 is 5.91 Å². The molecule has 0 saturated carbocycles. The van der Waals surface area contributed by atoms with E-state index in [0.29, 0.717) is 18.7 Å². The van der Waals surface area contributed by atoms with Crippen LogP contribution in [0.3, 0.4) is 0 Å². The second-order valence-corrected chi connectivity index (χ2v) is 3.58. The fraction of sp³-hybridized carbons (Fsp3) is 0.364. The van der Waals surface area contributed by atoms with E-state index in [1.807, 2.05) is 0 Å². The van der Waals surface area contributed by atoms with Crippen LogP contribution in [0.25, 0.3) is 0 Å². The minimum Gasteiger partial charge on any atom is -0.320 e. The van der Waals surface area contributed by atoms with Gasteiger partial charge < -0.3 is 10.2 Å². The molecule has 1 aliphatic rings. The molecule has 1 amide bonds. The largest absolute Gasteiger partial charge is 0.320 e. The molecule has 0 aromatic carbocycles. The highest BCUT2D eigenvalue weighted by molar-refractivity contribution is 5.94. The zero-order valence-electron chi connectivity index (χ0n) is 8.76. The number of nitriles is 1. The van der Waals surface area contributed by atoms with E-state index in [0.717, 1.165) is 6.54 Å². The Morgan fingerprint density at radius 3 is 3.00 bits per heavy atom.